The van der Waals surface area contributed by atoms with Crippen molar-refractivity contribution in [1.29, 1.82) is 0 Å². The van der Waals surface area contributed by atoms with E-state index in [0.29, 0.717) is 0 Å². The topological polar surface area (TPSA) is 0 Å². The van der Waals surface area contributed by atoms with Gasteiger partial charge in [0.25, 0.3) is 5.92 Å². The predicted octanol–water partition coefficient (Wildman–Crippen LogP) is 3.87. The van der Waals surface area contributed by atoms with Crippen LogP contribution in [-0.4, -0.2) is 12.1 Å². The van der Waals surface area contributed by atoms with Gasteiger partial charge in [-0.15, -0.1) is 0 Å². The first-order chi connectivity index (χ1) is 5.90. The second kappa shape index (κ2) is 2.42. The molecule has 0 spiro atoms. The van der Waals surface area contributed by atoms with Crippen molar-refractivity contribution in [3.05, 3.63) is 0 Å². The van der Waals surface area contributed by atoms with Gasteiger partial charge in [-0.1, -0.05) is 27.7 Å². The number of alkyl halides is 5. The molecule has 0 bridgehead atoms. The SMILES string of the molecule is CC(C(F)(F)F)C1(C)C(C)(C)C1(F)F. The van der Waals surface area contributed by atoms with Crippen molar-refractivity contribution in [2.24, 2.45) is 16.7 Å². The molecule has 2 unspecified atom stereocenters. The largest absolute Gasteiger partial charge is 0.392 e. The minimum absolute atomic E-state index is 0.822. The van der Waals surface area contributed by atoms with Crippen LogP contribution in [-0.2, 0) is 0 Å². The van der Waals surface area contributed by atoms with E-state index in [0.717, 1.165) is 13.8 Å². The molecule has 2 atom stereocenters. The Balaban J connectivity index is 3.03. The standard InChI is InChI=1S/C9H13F5/c1-5(8(10,11)12)7(4)6(2,3)9(7,13)14/h5H,1-4H3. The summed E-state index contributed by atoms with van der Waals surface area (Å²) in [6.45, 7) is 4.18. The Labute approximate surface area is 79.5 Å². The predicted molar refractivity (Wildman–Crippen MR) is 42.1 cm³/mol. The third-order valence-electron chi connectivity index (χ3n) is 4.03. The quantitative estimate of drug-likeness (QED) is 0.584. The zero-order chi connectivity index (χ0) is 11.6. The van der Waals surface area contributed by atoms with Crippen molar-refractivity contribution in [2.75, 3.05) is 0 Å². The van der Waals surface area contributed by atoms with Gasteiger partial charge >= 0.3 is 6.18 Å². The van der Waals surface area contributed by atoms with E-state index in [2.05, 4.69) is 0 Å². The fourth-order valence-corrected chi connectivity index (χ4v) is 2.14. The van der Waals surface area contributed by atoms with E-state index in [-0.39, 0.29) is 0 Å². The molecule has 0 aromatic carbocycles. The minimum Gasteiger partial charge on any atom is -0.206 e. The maximum Gasteiger partial charge on any atom is 0.392 e. The summed E-state index contributed by atoms with van der Waals surface area (Å²) >= 11 is 0. The Hall–Kier alpha value is -0.350. The van der Waals surface area contributed by atoms with Gasteiger partial charge in [0.2, 0.25) is 0 Å². The molecule has 1 fully saturated rings. The first-order valence-electron chi connectivity index (χ1n) is 4.35. The van der Waals surface area contributed by atoms with Crippen molar-refractivity contribution in [3.63, 3.8) is 0 Å². The van der Waals surface area contributed by atoms with Crippen LogP contribution in [0.5, 0.6) is 0 Å². The monoisotopic (exact) mass is 216 g/mol. The normalized spacial score (nSPS) is 36.6. The average Bonchev–Trinajstić information content (AvgIpc) is 2.26. The molecule has 0 aromatic heterocycles. The summed E-state index contributed by atoms with van der Waals surface area (Å²) in [5.74, 6) is -5.23. The van der Waals surface area contributed by atoms with Gasteiger partial charge in [-0.3, -0.25) is 0 Å². The summed E-state index contributed by atoms with van der Waals surface area (Å²) in [7, 11) is 0. The first-order valence-corrected chi connectivity index (χ1v) is 4.35. The van der Waals surface area contributed by atoms with Crippen LogP contribution >= 0.6 is 0 Å². The van der Waals surface area contributed by atoms with Crippen molar-refractivity contribution < 1.29 is 22.0 Å². The number of rotatable bonds is 1. The van der Waals surface area contributed by atoms with E-state index in [9.17, 15) is 22.0 Å². The van der Waals surface area contributed by atoms with Crippen molar-refractivity contribution in [2.45, 2.75) is 39.8 Å². The molecule has 0 N–H and O–H groups in total. The smallest absolute Gasteiger partial charge is 0.206 e. The van der Waals surface area contributed by atoms with Gasteiger partial charge in [-0.05, 0) is 0 Å². The molecule has 1 aliphatic carbocycles. The summed E-state index contributed by atoms with van der Waals surface area (Å²) < 4.78 is 63.5. The fraction of sp³-hybridized carbons (Fsp3) is 1.00. The average molecular weight is 216 g/mol. The molecule has 0 nitrogen and oxygen atoms in total. The summed E-state index contributed by atoms with van der Waals surface area (Å²) in [5.41, 5.74) is -3.55. The highest BCUT2D eigenvalue weighted by Crippen LogP contribution is 2.79. The number of halogens is 5. The van der Waals surface area contributed by atoms with Crippen LogP contribution in [0, 0.1) is 16.7 Å². The van der Waals surface area contributed by atoms with Gasteiger partial charge in [-0.2, -0.15) is 13.2 Å². The molecule has 1 saturated carbocycles. The molecule has 5 heteroatoms. The second-order valence-corrected chi connectivity index (χ2v) is 4.67. The van der Waals surface area contributed by atoms with Crippen molar-refractivity contribution in [3.8, 4) is 0 Å². The van der Waals surface area contributed by atoms with Crippen molar-refractivity contribution >= 4 is 0 Å². The van der Waals surface area contributed by atoms with Gasteiger partial charge in [-0.25, -0.2) is 8.78 Å². The van der Waals surface area contributed by atoms with Crippen LogP contribution < -0.4 is 0 Å². The summed E-state index contributed by atoms with van der Waals surface area (Å²) in [6.07, 6.45) is -4.56. The molecule has 14 heavy (non-hydrogen) atoms. The molecule has 1 rings (SSSR count). The third-order valence-corrected chi connectivity index (χ3v) is 4.03. The van der Waals surface area contributed by atoms with E-state index in [1.807, 2.05) is 0 Å². The van der Waals surface area contributed by atoms with Crippen LogP contribution in [0.25, 0.3) is 0 Å². The maximum atomic E-state index is 13.2. The molecular formula is C9H13F5. The summed E-state index contributed by atoms with van der Waals surface area (Å²) in [5, 5.41) is 0. The van der Waals surface area contributed by atoms with Crippen LogP contribution in [0.1, 0.15) is 27.7 Å². The lowest BCUT2D eigenvalue weighted by Gasteiger charge is -2.24. The Morgan fingerprint density at radius 3 is 1.36 bits per heavy atom. The van der Waals surface area contributed by atoms with Crippen LogP contribution in [0.2, 0.25) is 0 Å². The lowest BCUT2D eigenvalue weighted by molar-refractivity contribution is -0.196. The Morgan fingerprint density at radius 2 is 1.29 bits per heavy atom. The van der Waals surface area contributed by atoms with E-state index < -0.39 is 28.8 Å². The van der Waals surface area contributed by atoms with Gasteiger partial charge in [0.15, 0.2) is 0 Å². The molecule has 0 aromatic rings. The molecule has 0 heterocycles. The number of hydrogen-bond donors (Lipinski definition) is 0. The molecule has 0 saturated heterocycles. The zero-order valence-corrected chi connectivity index (χ0v) is 8.47. The molecule has 0 amide bonds. The lowest BCUT2D eigenvalue weighted by Crippen LogP contribution is -2.31. The Morgan fingerprint density at radius 1 is 1.00 bits per heavy atom. The van der Waals surface area contributed by atoms with Crippen LogP contribution in [0.3, 0.4) is 0 Å². The molecule has 0 aliphatic heterocycles. The lowest BCUT2D eigenvalue weighted by atomic mass is 9.85. The van der Waals surface area contributed by atoms with Crippen molar-refractivity contribution in [1.82, 2.24) is 0 Å². The summed E-state index contributed by atoms with van der Waals surface area (Å²) in [6, 6.07) is 0. The van der Waals surface area contributed by atoms with Crippen LogP contribution in [0.4, 0.5) is 22.0 Å². The van der Waals surface area contributed by atoms with Gasteiger partial charge in [0.05, 0.1) is 11.3 Å². The first kappa shape index (κ1) is 11.7. The van der Waals surface area contributed by atoms with Gasteiger partial charge in [0, 0.05) is 5.41 Å². The number of hydrogen-bond acceptors (Lipinski definition) is 0. The van der Waals surface area contributed by atoms with E-state index >= 15 is 0 Å². The van der Waals surface area contributed by atoms with Gasteiger partial charge < -0.3 is 0 Å². The molecule has 0 radical (unpaired) electrons. The highest BCUT2D eigenvalue weighted by molar-refractivity contribution is 5.24. The third kappa shape index (κ3) is 0.984. The highest BCUT2D eigenvalue weighted by atomic mass is 19.4. The van der Waals surface area contributed by atoms with Crippen LogP contribution in [0.15, 0.2) is 0 Å². The van der Waals surface area contributed by atoms with E-state index in [4.69, 9.17) is 0 Å². The van der Waals surface area contributed by atoms with E-state index in [1.54, 1.807) is 0 Å². The Kier molecular flexibility index (Phi) is 2.02. The minimum atomic E-state index is -4.56. The second-order valence-electron chi connectivity index (χ2n) is 4.67. The van der Waals surface area contributed by atoms with Gasteiger partial charge in [0.1, 0.15) is 0 Å². The molecule has 84 valence electrons. The molecule has 1 aliphatic rings. The molecular weight excluding hydrogens is 203 g/mol. The summed E-state index contributed by atoms with van der Waals surface area (Å²) in [4.78, 5) is 0. The fourth-order valence-electron chi connectivity index (χ4n) is 2.14. The Bertz CT molecular complexity index is 236. The van der Waals surface area contributed by atoms with E-state index in [1.165, 1.54) is 13.8 Å². The highest BCUT2D eigenvalue weighted by Gasteiger charge is 2.87. The zero-order valence-electron chi connectivity index (χ0n) is 8.47. The maximum absolute atomic E-state index is 13.2.